The molecule has 5 rings (SSSR count). The quantitative estimate of drug-likeness (QED) is 0.341. The smallest absolute Gasteiger partial charge is 0.331 e. The van der Waals surface area contributed by atoms with Gasteiger partial charge in [0, 0.05) is 0 Å². The van der Waals surface area contributed by atoms with Gasteiger partial charge >= 0.3 is 5.69 Å². The molecule has 0 spiro atoms. The summed E-state index contributed by atoms with van der Waals surface area (Å²) in [4.78, 5) is 28.3. The summed E-state index contributed by atoms with van der Waals surface area (Å²) in [7, 11) is 0. The van der Waals surface area contributed by atoms with E-state index in [1.54, 1.807) is 4.57 Å². The average Bonchev–Trinajstić information content (AvgIpc) is 2.80. The zero-order valence-electron chi connectivity index (χ0n) is 19.5. The van der Waals surface area contributed by atoms with Crippen LogP contribution in [0.1, 0.15) is 29.2 Å². The van der Waals surface area contributed by atoms with Crippen LogP contribution >= 0.6 is 0 Å². The number of nitrogens with zero attached hydrogens (tertiary/aromatic N) is 1. The van der Waals surface area contributed by atoms with Crippen LogP contribution in [0.25, 0.3) is 21.5 Å². The van der Waals surface area contributed by atoms with Crippen LogP contribution in [-0.4, -0.2) is 9.55 Å². The highest BCUT2D eigenvalue weighted by molar-refractivity contribution is 6.02. The van der Waals surface area contributed by atoms with E-state index in [1.165, 1.54) is 0 Å². The van der Waals surface area contributed by atoms with Gasteiger partial charge in [0.05, 0.1) is 12.1 Å². The Labute approximate surface area is 197 Å². The van der Waals surface area contributed by atoms with Gasteiger partial charge in [-0.15, -0.1) is 0 Å². The largest absolute Gasteiger partial charge is 0.440 e. The first kappa shape index (κ1) is 21.7. The van der Waals surface area contributed by atoms with Crippen molar-refractivity contribution in [3.63, 3.8) is 0 Å². The number of aromatic nitrogens is 2. The number of ether oxygens (including phenoxy) is 1. The predicted molar refractivity (Wildman–Crippen MR) is 137 cm³/mol. The number of fused-ring (bicyclic) bond motifs is 2. The van der Waals surface area contributed by atoms with Crippen molar-refractivity contribution in [2.24, 2.45) is 0 Å². The molecule has 0 bridgehead atoms. The van der Waals surface area contributed by atoms with Crippen LogP contribution in [-0.2, 0) is 13.0 Å². The lowest BCUT2D eigenvalue weighted by Crippen LogP contribution is -2.33. The zero-order valence-corrected chi connectivity index (χ0v) is 19.5. The van der Waals surface area contributed by atoms with Gasteiger partial charge < -0.3 is 4.74 Å². The maximum Gasteiger partial charge on any atom is 0.331 e. The molecule has 0 saturated heterocycles. The molecule has 1 heterocycles. The van der Waals surface area contributed by atoms with Crippen LogP contribution in [0.3, 0.4) is 0 Å². The molecule has 5 heteroatoms. The van der Waals surface area contributed by atoms with Crippen molar-refractivity contribution in [1.82, 2.24) is 9.55 Å². The Kier molecular flexibility index (Phi) is 5.54. The van der Waals surface area contributed by atoms with Crippen molar-refractivity contribution in [3.05, 3.63) is 116 Å². The maximum absolute atomic E-state index is 13.2. The number of hydrogen-bond acceptors (Lipinski definition) is 3. The van der Waals surface area contributed by atoms with Crippen molar-refractivity contribution in [3.8, 4) is 11.6 Å². The highest BCUT2D eigenvalue weighted by atomic mass is 16.5. The summed E-state index contributed by atoms with van der Waals surface area (Å²) in [6.07, 6.45) is 0.437. The Balaban J connectivity index is 1.76. The standard InChI is InChI=1S/C29H26N2O3/c1-4-23-27(32)30-29(33)31(28(23)34-22-14-18(2)13-19(3)15-22)17-26-24-11-7-5-9-20(24)16-21-10-6-8-12-25(21)26/h5-16H,4,17H2,1-3H3,(H,30,32,33). The molecule has 4 aromatic carbocycles. The van der Waals surface area contributed by atoms with E-state index in [0.29, 0.717) is 23.6 Å². The summed E-state index contributed by atoms with van der Waals surface area (Å²) in [5, 5.41) is 4.33. The first-order valence-electron chi connectivity index (χ1n) is 11.5. The first-order chi connectivity index (χ1) is 16.4. The number of aryl methyl sites for hydroxylation is 2. The summed E-state index contributed by atoms with van der Waals surface area (Å²) in [6.45, 7) is 6.15. The number of hydrogen-bond donors (Lipinski definition) is 1. The molecule has 0 atom stereocenters. The van der Waals surface area contributed by atoms with E-state index in [2.05, 4.69) is 41.4 Å². The Bertz CT molecular complexity index is 1590. The van der Waals surface area contributed by atoms with E-state index in [4.69, 9.17) is 4.74 Å². The molecule has 5 nitrogen and oxygen atoms in total. The number of aromatic amines is 1. The third-order valence-electron chi connectivity index (χ3n) is 6.21. The van der Waals surface area contributed by atoms with Crippen LogP contribution < -0.4 is 16.0 Å². The minimum Gasteiger partial charge on any atom is -0.440 e. The highest BCUT2D eigenvalue weighted by Gasteiger charge is 2.19. The second-order valence-electron chi connectivity index (χ2n) is 8.71. The van der Waals surface area contributed by atoms with Gasteiger partial charge in [-0.2, -0.15) is 0 Å². The zero-order chi connectivity index (χ0) is 23.8. The molecule has 1 N–H and O–H groups in total. The second-order valence-corrected chi connectivity index (χ2v) is 8.71. The lowest BCUT2D eigenvalue weighted by molar-refractivity contribution is 0.414. The molecule has 0 aliphatic rings. The first-order valence-corrected chi connectivity index (χ1v) is 11.5. The van der Waals surface area contributed by atoms with Gasteiger partial charge in [0.25, 0.3) is 5.56 Å². The van der Waals surface area contributed by atoms with Gasteiger partial charge in [-0.25, -0.2) is 4.79 Å². The van der Waals surface area contributed by atoms with Gasteiger partial charge in [-0.3, -0.25) is 14.3 Å². The molecule has 0 unspecified atom stereocenters. The Morgan fingerprint density at radius 2 is 1.38 bits per heavy atom. The third kappa shape index (κ3) is 3.90. The Hall–Kier alpha value is -4.12. The fourth-order valence-corrected chi connectivity index (χ4v) is 4.70. The molecule has 0 amide bonds. The lowest BCUT2D eigenvalue weighted by Gasteiger charge is -2.19. The van der Waals surface area contributed by atoms with Crippen molar-refractivity contribution >= 4 is 21.5 Å². The number of benzene rings is 4. The molecule has 0 fully saturated rings. The van der Waals surface area contributed by atoms with Gasteiger partial charge in [0.2, 0.25) is 5.88 Å². The molecule has 0 radical (unpaired) electrons. The van der Waals surface area contributed by atoms with Crippen LogP contribution in [0, 0.1) is 13.8 Å². The van der Waals surface area contributed by atoms with Gasteiger partial charge in [-0.05, 0) is 76.7 Å². The summed E-state index contributed by atoms with van der Waals surface area (Å²) in [5.74, 6) is 0.895. The van der Waals surface area contributed by atoms with Gasteiger partial charge in [0.15, 0.2) is 0 Å². The molecule has 1 aromatic heterocycles. The number of rotatable bonds is 5. The monoisotopic (exact) mass is 450 g/mol. The Morgan fingerprint density at radius 3 is 1.97 bits per heavy atom. The SMILES string of the molecule is CCc1c(Oc2cc(C)cc(C)c2)n(Cc2c3ccccc3cc3ccccc23)c(=O)[nH]c1=O. The summed E-state index contributed by atoms with van der Waals surface area (Å²) < 4.78 is 7.84. The predicted octanol–water partition coefficient (Wildman–Crippen LogP) is 5.86. The Morgan fingerprint density at radius 1 is 0.794 bits per heavy atom. The molecule has 0 saturated carbocycles. The van der Waals surface area contributed by atoms with Crippen molar-refractivity contribution in [2.75, 3.05) is 0 Å². The van der Waals surface area contributed by atoms with E-state index in [0.717, 1.165) is 38.2 Å². The maximum atomic E-state index is 13.2. The van der Waals surface area contributed by atoms with E-state index in [1.807, 2.05) is 57.2 Å². The second kappa shape index (κ2) is 8.67. The van der Waals surface area contributed by atoms with Gasteiger partial charge in [-0.1, -0.05) is 61.5 Å². The lowest BCUT2D eigenvalue weighted by atomic mass is 9.96. The fraction of sp³-hybridized carbons (Fsp3) is 0.172. The third-order valence-corrected chi connectivity index (χ3v) is 6.21. The topological polar surface area (TPSA) is 64.1 Å². The molecular weight excluding hydrogens is 424 g/mol. The average molecular weight is 451 g/mol. The highest BCUT2D eigenvalue weighted by Crippen LogP contribution is 2.31. The molecule has 170 valence electrons. The fourth-order valence-electron chi connectivity index (χ4n) is 4.70. The molecule has 5 aromatic rings. The molecule has 0 aliphatic carbocycles. The molecule has 0 aliphatic heterocycles. The summed E-state index contributed by atoms with van der Waals surface area (Å²) in [6, 6.07) is 24.4. The van der Waals surface area contributed by atoms with Crippen LogP contribution in [0.15, 0.2) is 82.4 Å². The van der Waals surface area contributed by atoms with Crippen molar-refractivity contribution < 1.29 is 4.74 Å². The van der Waals surface area contributed by atoms with E-state index in [-0.39, 0.29) is 6.54 Å². The van der Waals surface area contributed by atoms with Crippen molar-refractivity contribution in [2.45, 2.75) is 33.7 Å². The summed E-state index contributed by atoms with van der Waals surface area (Å²) in [5.41, 5.74) is 2.65. The van der Waals surface area contributed by atoms with E-state index >= 15 is 0 Å². The minimum absolute atomic E-state index is 0.268. The normalized spacial score (nSPS) is 11.3. The minimum atomic E-state index is -0.487. The van der Waals surface area contributed by atoms with E-state index < -0.39 is 11.2 Å². The van der Waals surface area contributed by atoms with Gasteiger partial charge in [0.1, 0.15) is 5.75 Å². The van der Waals surface area contributed by atoms with Crippen LogP contribution in [0.2, 0.25) is 0 Å². The molecule has 34 heavy (non-hydrogen) atoms. The van der Waals surface area contributed by atoms with Crippen molar-refractivity contribution in [1.29, 1.82) is 0 Å². The van der Waals surface area contributed by atoms with Crippen LogP contribution in [0.5, 0.6) is 11.6 Å². The van der Waals surface area contributed by atoms with E-state index in [9.17, 15) is 9.59 Å². The molecular formula is C29H26N2O3. The van der Waals surface area contributed by atoms with Crippen LogP contribution in [0.4, 0.5) is 0 Å². The number of nitrogens with one attached hydrogen (secondary N) is 1. The number of H-pyrrole nitrogens is 1. The summed E-state index contributed by atoms with van der Waals surface area (Å²) >= 11 is 0.